The average molecular weight is 306 g/mol. The SMILES string of the molecule is [2H]C([2H])(O)[C@H]1O[C@@H](n2cnc3cnc(C)nc32)C(O)(C#CC)[C@H]1O. The third-order valence-corrected chi connectivity index (χ3v) is 3.53. The van der Waals surface area contributed by atoms with Gasteiger partial charge >= 0.3 is 0 Å². The van der Waals surface area contributed by atoms with Crippen LogP contribution in [0.15, 0.2) is 12.5 Å². The van der Waals surface area contributed by atoms with Gasteiger partial charge in [0.1, 0.15) is 23.5 Å². The summed E-state index contributed by atoms with van der Waals surface area (Å²) in [5, 5.41) is 30.8. The molecule has 0 aliphatic carbocycles. The Hall–Kier alpha value is -2.05. The maximum atomic E-state index is 10.8. The van der Waals surface area contributed by atoms with E-state index in [0.29, 0.717) is 17.0 Å². The predicted molar refractivity (Wildman–Crippen MR) is 75.5 cm³/mol. The fourth-order valence-corrected chi connectivity index (χ4v) is 2.49. The predicted octanol–water partition coefficient (Wildman–Crippen LogP) is -0.860. The highest BCUT2D eigenvalue weighted by Crippen LogP contribution is 2.39. The molecule has 3 N–H and O–H groups in total. The van der Waals surface area contributed by atoms with Gasteiger partial charge in [0.15, 0.2) is 17.5 Å². The van der Waals surface area contributed by atoms with Crippen molar-refractivity contribution in [3.05, 3.63) is 18.3 Å². The van der Waals surface area contributed by atoms with Crippen LogP contribution in [0.4, 0.5) is 0 Å². The lowest BCUT2D eigenvalue weighted by Crippen LogP contribution is -2.45. The van der Waals surface area contributed by atoms with E-state index in [1.807, 2.05) is 0 Å². The third kappa shape index (κ3) is 2.07. The Morgan fingerprint density at radius 3 is 3.00 bits per heavy atom. The zero-order chi connectivity index (χ0) is 17.7. The summed E-state index contributed by atoms with van der Waals surface area (Å²) < 4.78 is 21.6. The number of imidazole rings is 1. The van der Waals surface area contributed by atoms with E-state index < -0.39 is 30.6 Å². The van der Waals surface area contributed by atoms with E-state index in [1.165, 1.54) is 24.0 Å². The number of rotatable bonds is 2. The number of fused-ring (bicyclic) bond motifs is 1. The summed E-state index contributed by atoms with van der Waals surface area (Å²) in [6.45, 7) is 0.258. The monoisotopic (exact) mass is 306 g/mol. The maximum absolute atomic E-state index is 10.8. The lowest BCUT2D eigenvalue weighted by Gasteiger charge is -2.26. The fraction of sp³-hybridized carbons (Fsp3) is 0.500. The van der Waals surface area contributed by atoms with Gasteiger partial charge in [-0.2, -0.15) is 0 Å². The van der Waals surface area contributed by atoms with E-state index >= 15 is 0 Å². The molecule has 2 aromatic heterocycles. The van der Waals surface area contributed by atoms with Crippen LogP contribution in [0.2, 0.25) is 0 Å². The van der Waals surface area contributed by atoms with Gasteiger partial charge in [0.25, 0.3) is 0 Å². The third-order valence-electron chi connectivity index (χ3n) is 3.53. The van der Waals surface area contributed by atoms with Gasteiger partial charge in [0.2, 0.25) is 0 Å². The number of nitrogens with zero attached hydrogens (tertiary/aromatic N) is 4. The van der Waals surface area contributed by atoms with Gasteiger partial charge in [-0.3, -0.25) is 4.57 Å². The average Bonchev–Trinajstić information content (AvgIpc) is 2.99. The molecule has 1 aliphatic rings. The van der Waals surface area contributed by atoms with Gasteiger partial charge in [0.05, 0.1) is 21.8 Å². The summed E-state index contributed by atoms with van der Waals surface area (Å²) in [5.74, 6) is 5.40. The van der Waals surface area contributed by atoms with Gasteiger partial charge in [-0.15, -0.1) is 5.92 Å². The Bertz CT molecular complexity index is 841. The molecule has 1 saturated heterocycles. The molecule has 1 aliphatic heterocycles. The molecule has 0 amide bonds. The summed E-state index contributed by atoms with van der Waals surface area (Å²) in [7, 11) is 0. The van der Waals surface area contributed by atoms with E-state index in [-0.39, 0.29) is 0 Å². The fourth-order valence-electron chi connectivity index (χ4n) is 2.49. The molecule has 3 rings (SSSR count). The van der Waals surface area contributed by atoms with Gasteiger partial charge in [-0.1, -0.05) is 5.92 Å². The van der Waals surface area contributed by atoms with Crippen LogP contribution in [0.3, 0.4) is 0 Å². The molecule has 3 heterocycles. The molecule has 0 spiro atoms. The lowest BCUT2D eigenvalue weighted by molar-refractivity contribution is -0.0722. The number of aromatic nitrogens is 4. The summed E-state index contributed by atoms with van der Waals surface area (Å²) in [6, 6.07) is 0. The second-order valence-electron chi connectivity index (χ2n) is 4.96. The van der Waals surface area contributed by atoms with Crippen molar-refractivity contribution in [2.24, 2.45) is 0 Å². The Kier molecular flexibility index (Phi) is 3.01. The minimum atomic E-state index is -2.88. The van der Waals surface area contributed by atoms with E-state index in [9.17, 15) is 15.3 Å². The molecule has 0 radical (unpaired) electrons. The van der Waals surface area contributed by atoms with Crippen LogP contribution in [0.1, 0.15) is 21.7 Å². The first-order chi connectivity index (χ1) is 11.2. The Balaban J connectivity index is 2.16. The molecule has 0 aromatic carbocycles. The Labute approximate surface area is 129 Å². The van der Waals surface area contributed by atoms with Crippen molar-refractivity contribution in [1.82, 2.24) is 19.5 Å². The van der Waals surface area contributed by atoms with Crippen molar-refractivity contribution >= 4 is 11.2 Å². The number of hydrogen-bond acceptors (Lipinski definition) is 7. The number of hydrogen-bond donors (Lipinski definition) is 3. The molecule has 1 fully saturated rings. The summed E-state index contributed by atoms with van der Waals surface area (Å²) in [5.41, 5.74) is -1.39. The highest BCUT2D eigenvalue weighted by molar-refractivity contribution is 5.69. The summed E-state index contributed by atoms with van der Waals surface area (Å²) >= 11 is 0. The molecular formula is C14H16N4O4. The maximum Gasteiger partial charge on any atom is 0.199 e. The zero-order valence-electron chi connectivity index (χ0n) is 13.9. The highest BCUT2D eigenvalue weighted by Gasteiger charge is 2.55. The largest absolute Gasteiger partial charge is 0.394 e. The quantitative estimate of drug-likeness (QED) is 0.619. The Morgan fingerprint density at radius 1 is 1.55 bits per heavy atom. The lowest BCUT2D eigenvalue weighted by atomic mass is 9.94. The van der Waals surface area contributed by atoms with E-state index in [0.717, 1.165) is 0 Å². The topological polar surface area (TPSA) is 114 Å². The number of ether oxygens (including phenoxy) is 1. The van der Waals surface area contributed by atoms with Crippen LogP contribution in [0, 0.1) is 18.8 Å². The molecule has 8 heteroatoms. The first kappa shape index (κ1) is 12.5. The molecule has 22 heavy (non-hydrogen) atoms. The number of aliphatic hydroxyl groups excluding tert-OH is 1. The molecule has 0 saturated carbocycles. The normalized spacial score (nSPS) is 33.2. The van der Waals surface area contributed by atoms with Gasteiger partial charge in [-0.05, 0) is 13.8 Å². The van der Waals surface area contributed by atoms with Crippen LogP contribution in [0.25, 0.3) is 11.2 Å². The van der Waals surface area contributed by atoms with Crippen molar-refractivity contribution in [2.75, 3.05) is 6.56 Å². The van der Waals surface area contributed by atoms with Crippen LogP contribution in [-0.2, 0) is 4.74 Å². The molecule has 1 unspecified atom stereocenters. The first-order valence-electron chi connectivity index (χ1n) is 7.57. The van der Waals surface area contributed by atoms with Crippen LogP contribution in [-0.4, -0.2) is 59.2 Å². The highest BCUT2D eigenvalue weighted by atomic mass is 16.6. The van der Waals surface area contributed by atoms with E-state index in [1.54, 1.807) is 6.92 Å². The molecule has 0 bridgehead atoms. The van der Waals surface area contributed by atoms with Crippen LogP contribution in [0.5, 0.6) is 0 Å². The van der Waals surface area contributed by atoms with Crippen molar-refractivity contribution in [3.63, 3.8) is 0 Å². The summed E-state index contributed by atoms with van der Waals surface area (Å²) in [6.07, 6.45) is -1.98. The zero-order valence-corrected chi connectivity index (χ0v) is 11.9. The van der Waals surface area contributed by atoms with Crippen LogP contribution < -0.4 is 0 Å². The molecular weight excluding hydrogens is 288 g/mol. The molecule has 8 nitrogen and oxygen atoms in total. The van der Waals surface area contributed by atoms with Crippen molar-refractivity contribution in [3.8, 4) is 11.8 Å². The van der Waals surface area contributed by atoms with E-state index in [4.69, 9.17) is 7.48 Å². The first-order valence-corrected chi connectivity index (χ1v) is 6.57. The molecule has 116 valence electrons. The van der Waals surface area contributed by atoms with Gasteiger partial charge < -0.3 is 20.1 Å². The second-order valence-corrected chi connectivity index (χ2v) is 4.96. The summed E-state index contributed by atoms with van der Waals surface area (Å²) in [4.78, 5) is 12.4. The molecule has 2 aromatic rings. The smallest absolute Gasteiger partial charge is 0.199 e. The van der Waals surface area contributed by atoms with Gasteiger partial charge in [-0.25, -0.2) is 15.0 Å². The standard InChI is InChI=1S/C14H16N4O4/c1-3-4-14(21)11(20)10(6-19)22-13(14)18-7-16-9-5-15-8(2)17-12(9)18/h5,7,10-11,13,19-21H,6H2,1-2H3/t10-,11+,13-,14?/m1/s1/i6D2. The van der Waals surface area contributed by atoms with Crippen molar-refractivity contribution in [1.29, 1.82) is 0 Å². The van der Waals surface area contributed by atoms with Crippen molar-refractivity contribution < 1.29 is 22.8 Å². The molecule has 4 atom stereocenters. The number of aliphatic hydroxyl groups is 3. The van der Waals surface area contributed by atoms with Gasteiger partial charge in [0, 0.05) is 0 Å². The van der Waals surface area contributed by atoms with E-state index in [2.05, 4.69) is 26.8 Å². The minimum absolute atomic E-state index is 0.329. The second kappa shape index (κ2) is 5.30. The minimum Gasteiger partial charge on any atom is -0.394 e. The number of aryl methyl sites for hydroxylation is 1. The van der Waals surface area contributed by atoms with Crippen molar-refractivity contribution in [2.45, 2.75) is 37.9 Å². The Morgan fingerprint density at radius 2 is 2.32 bits per heavy atom. The van der Waals surface area contributed by atoms with Crippen LogP contribution >= 0.6 is 0 Å².